The summed E-state index contributed by atoms with van der Waals surface area (Å²) >= 11 is 0. The first-order valence-corrected chi connectivity index (χ1v) is 8.84. The van der Waals surface area contributed by atoms with Gasteiger partial charge in [0.2, 0.25) is 0 Å². The molecule has 0 heterocycles. The van der Waals surface area contributed by atoms with Gasteiger partial charge in [-0.25, -0.2) is 0 Å². The van der Waals surface area contributed by atoms with Crippen LogP contribution in [-0.4, -0.2) is 24.2 Å². The van der Waals surface area contributed by atoms with E-state index in [0.29, 0.717) is 24.2 Å². The Labute approximate surface area is 134 Å². The maximum absolute atomic E-state index is 6.00. The van der Waals surface area contributed by atoms with Gasteiger partial charge in [0, 0.05) is 24.2 Å². The molecular weight excluding hydrogens is 272 g/mol. The highest BCUT2D eigenvalue weighted by Gasteiger charge is 2.21. The second-order valence-electron chi connectivity index (χ2n) is 7.06. The molecule has 0 unspecified atom stereocenters. The Hall–Kier alpha value is -1.26. The smallest absolute Gasteiger partial charge is 0.0578 e. The molecule has 0 spiro atoms. The average Bonchev–Trinajstić information content (AvgIpc) is 2.54. The molecule has 2 fully saturated rings. The van der Waals surface area contributed by atoms with E-state index in [4.69, 9.17) is 11.5 Å². The summed E-state index contributed by atoms with van der Waals surface area (Å²) in [6.07, 6.45) is 9.23. The molecular formula is C18H30N4. The third-order valence-electron chi connectivity index (χ3n) is 5.19. The normalized spacial score (nSPS) is 32.5. The van der Waals surface area contributed by atoms with E-state index < -0.39 is 0 Å². The lowest BCUT2D eigenvalue weighted by atomic mass is 9.91. The summed E-state index contributed by atoms with van der Waals surface area (Å²) in [5.41, 5.74) is 14.5. The van der Waals surface area contributed by atoms with Crippen molar-refractivity contribution in [1.82, 2.24) is 0 Å². The Morgan fingerprint density at radius 3 is 1.36 bits per heavy atom. The largest absolute Gasteiger partial charge is 0.381 e. The molecule has 0 saturated heterocycles. The average molecular weight is 302 g/mol. The summed E-state index contributed by atoms with van der Waals surface area (Å²) < 4.78 is 0. The third-order valence-corrected chi connectivity index (χ3v) is 5.19. The molecule has 0 bridgehead atoms. The lowest BCUT2D eigenvalue weighted by molar-refractivity contribution is 0.409. The lowest BCUT2D eigenvalue weighted by Gasteiger charge is -2.31. The zero-order chi connectivity index (χ0) is 15.4. The maximum atomic E-state index is 6.00. The van der Waals surface area contributed by atoms with Crippen LogP contribution in [0.5, 0.6) is 0 Å². The molecule has 2 aliphatic rings. The van der Waals surface area contributed by atoms with Crippen LogP contribution in [0.15, 0.2) is 24.3 Å². The molecule has 4 nitrogen and oxygen atoms in total. The molecule has 0 atom stereocenters. The summed E-state index contributed by atoms with van der Waals surface area (Å²) in [5.74, 6) is 0. The van der Waals surface area contributed by atoms with Crippen molar-refractivity contribution in [2.45, 2.75) is 75.5 Å². The van der Waals surface area contributed by atoms with Gasteiger partial charge in [0.1, 0.15) is 0 Å². The highest BCUT2D eigenvalue weighted by atomic mass is 15.0. The van der Waals surface area contributed by atoms with Gasteiger partial charge in [0.15, 0.2) is 0 Å². The molecule has 22 heavy (non-hydrogen) atoms. The van der Waals surface area contributed by atoms with E-state index in [0.717, 1.165) is 25.7 Å². The van der Waals surface area contributed by atoms with Crippen LogP contribution in [0.1, 0.15) is 51.4 Å². The van der Waals surface area contributed by atoms with Gasteiger partial charge in [-0.3, -0.25) is 0 Å². The van der Waals surface area contributed by atoms with Gasteiger partial charge in [-0.1, -0.05) is 12.1 Å². The highest BCUT2D eigenvalue weighted by Crippen LogP contribution is 2.29. The van der Waals surface area contributed by atoms with Crippen LogP contribution in [-0.2, 0) is 0 Å². The van der Waals surface area contributed by atoms with Crippen molar-refractivity contribution in [2.75, 3.05) is 10.6 Å². The predicted molar refractivity (Wildman–Crippen MR) is 94.2 cm³/mol. The van der Waals surface area contributed by atoms with Crippen LogP contribution in [0, 0.1) is 0 Å². The minimum Gasteiger partial charge on any atom is -0.381 e. The van der Waals surface area contributed by atoms with Gasteiger partial charge in [0.25, 0.3) is 0 Å². The van der Waals surface area contributed by atoms with Gasteiger partial charge >= 0.3 is 0 Å². The second-order valence-corrected chi connectivity index (χ2v) is 7.06. The molecule has 0 aliphatic heterocycles. The van der Waals surface area contributed by atoms with E-state index in [9.17, 15) is 0 Å². The van der Waals surface area contributed by atoms with E-state index in [-0.39, 0.29) is 0 Å². The minimum absolute atomic E-state index is 0.401. The summed E-state index contributed by atoms with van der Waals surface area (Å²) in [6.45, 7) is 0. The van der Waals surface area contributed by atoms with E-state index in [1.54, 1.807) is 0 Å². The van der Waals surface area contributed by atoms with Crippen molar-refractivity contribution in [3.05, 3.63) is 24.3 Å². The Bertz CT molecular complexity index is 417. The van der Waals surface area contributed by atoms with E-state index in [2.05, 4.69) is 34.9 Å². The number of hydrogen-bond donors (Lipinski definition) is 4. The molecule has 122 valence electrons. The Kier molecular flexibility index (Phi) is 5.21. The number of nitrogens with two attached hydrogens (primary N) is 2. The fourth-order valence-corrected chi connectivity index (χ4v) is 3.70. The third kappa shape index (κ3) is 4.14. The first-order chi connectivity index (χ1) is 10.7. The zero-order valence-electron chi connectivity index (χ0n) is 13.4. The lowest BCUT2D eigenvalue weighted by Crippen LogP contribution is -2.34. The molecule has 0 aromatic heterocycles. The molecule has 2 saturated carbocycles. The summed E-state index contributed by atoms with van der Waals surface area (Å²) in [4.78, 5) is 0. The van der Waals surface area contributed by atoms with Crippen molar-refractivity contribution in [3.63, 3.8) is 0 Å². The number of benzene rings is 1. The molecule has 2 aliphatic carbocycles. The number of hydrogen-bond acceptors (Lipinski definition) is 4. The van der Waals surface area contributed by atoms with Crippen LogP contribution >= 0.6 is 0 Å². The second kappa shape index (κ2) is 7.34. The highest BCUT2D eigenvalue weighted by molar-refractivity contribution is 5.69. The monoisotopic (exact) mass is 302 g/mol. The molecule has 4 heteroatoms. The van der Waals surface area contributed by atoms with Gasteiger partial charge in [0.05, 0.1) is 11.4 Å². The van der Waals surface area contributed by atoms with Crippen molar-refractivity contribution in [1.29, 1.82) is 0 Å². The molecule has 0 amide bonds. The predicted octanol–water partition coefficient (Wildman–Crippen LogP) is 3.05. The topological polar surface area (TPSA) is 76.1 Å². The fourth-order valence-electron chi connectivity index (χ4n) is 3.70. The summed E-state index contributed by atoms with van der Waals surface area (Å²) in [7, 11) is 0. The summed E-state index contributed by atoms with van der Waals surface area (Å²) in [5, 5.41) is 7.45. The number of para-hydroxylation sites is 2. The standard InChI is InChI=1S/C18H30N4/c19-13-5-9-15(10-6-13)21-17-3-1-2-4-18(17)22-16-11-7-14(20)8-12-16/h1-4,13-16,21-22H,5-12,19-20H2. The fraction of sp³-hybridized carbons (Fsp3) is 0.667. The molecule has 1 aromatic rings. The van der Waals surface area contributed by atoms with Crippen LogP contribution in [0.4, 0.5) is 11.4 Å². The summed E-state index contributed by atoms with van der Waals surface area (Å²) in [6, 6.07) is 10.5. The number of anilines is 2. The van der Waals surface area contributed by atoms with Crippen LogP contribution in [0.2, 0.25) is 0 Å². The van der Waals surface area contributed by atoms with Gasteiger partial charge in [-0.05, 0) is 63.5 Å². The van der Waals surface area contributed by atoms with Crippen molar-refractivity contribution >= 4 is 11.4 Å². The van der Waals surface area contributed by atoms with E-state index >= 15 is 0 Å². The van der Waals surface area contributed by atoms with Gasteiger partial charge in [-0.2, -0.15) is 0 Å². The number of rotatable bonds is 4. The van der Waals surface area contributed by atoms with Crippen LogP contribution in [0.3, 0.4) is 0 Å². The Balaban J connectivity index is 1.60. The SMILES string of the molecule is NC1CCC(Nc2ccccc2NC2CCC(N)CC2)CC1. The minimum atomic E-state index is 0.401. The molecule has 3 rings (SSSR count). The van der Waals surface area contributed by atoms with E-state index in [1.165, 1.54) is 37.1 Å². The maximum Gasteiger partial charge on any atom is 0.0578 e. The first kappa shape index (κ1) is 15.6. The first-order valence-electron chi connectivity index (χ1n) is 8.84. The Morgan fingerprint density at radius 2 is 1.00 bits per heavy atom. The molecule has 6 N–H and O–H groups in total. The van der Waals surface area contributed by atoms with Crippen LogP contribution < -0.4 is 22.1 Å². The van der Waals surface area contributed by atoms with Gasteiger partial charge in [-0.15, -0.1) is 0 Å². The zero-order valence-corrected chi connectivity index (χ0v) is 13.4. The van der Waals surface area contributed by atoms with Crippen molar-refractivity contribution < 1.29 is 0 Å². The van der Waals surface area contributed by atoms with Gasteiger partial charge < -0.3 is 22.1 Å². The quantitative estimate of drug-likeness (QED) is 0.689. The van der Waals surface area contributed by atoms with Crippen molar-refractivity contribution in [3.8, 4) is 0 Å². The van der Waals surface area contributed by atoms with E-state index in [1.807, 2.05) is 0 Å². The van der Waals surface area contributed by atoms with Crippen LogP contribution in [0.25, 0.3) is 0 Å². The molecule has 0 radical (unpaired) electrons. The Morgan fingerprint density at radius 1 is 0.636 bits per heavy atom. The number of nitrogens with one attached hydrogen (secondary N) is 2. The molecule has 1 aromatic carbocycles. The van der Waals surface area contributed by atoms with Crippen molar-refractivity contribution in [2.24, 2.45) is 11.5 Å².